The van der Waals surface area contributed by atoms with Crippen molar-refractivity contribution in [3.05, 3.63) is 48.6 Å². The van der Waals surface area contributed by atoms with Gasteiger partial charge in [-0.15, -0.1) is 0 Å². The first-order valence-electron chi connectivity index (χ1n) is 22.2. The van der Waals surface area contributed by atoms with E-state index >= 15 is 0 Å². The van der Waals surface area contributed by atoms with E-state index < -0.39 is 6.04 Å². The molecule has 302 valence electrons. The van der Waals surface area contributed by atoms with E-state index in [2.05, 4.69) is 62.5 Å². The fourth-order valence-electron chi connectivity index (χ4n) is 6.76. The maximum absolute atomic E-state index is 13.1. The number of unbranched alkanes of at least 4 members (excludes halogenated alkanes) is 19. The molecule has 0 aromatic heterocycles. The number of allylic oxidation sites excluding steroid dienone is 8. The van der Waals surface area contributed by atoms with E-state index in [-0.39, 0.29) is 18.1 Å². The molecule has 52 heavy (non-hydrogen) atoms. The highest BCUT2D eigenvalue weighted by Crippen LogP contribution is 2.20. The van der Waals surface area contributed by atoms with Crippen LogP contribution in [-0.4, -0.2) is 61.9 Å². The third kappa shape index (κ3) is 28.7. The lowest BCUT2D eigenvalue weighted by atomic mass is 10.1. The van der Waals surface area contributed by atoms with Crippen molar-refractivity contribution < 1.29 is 14.3 Å². The summed E-state index contributed by atoms with van der Waals surface area (Å²) < 4.78 is 12.8. The maximum Gasteiger partial charge on any atom is 0.239 e. The van der Waals surface area contributed by atoms with Gasteiger partial charge in [-0.1, -0.05) is 146 Å². The van der Waals surface area contributed by atoms with Crippen LogP contribution in [0.25, 0.3) is 0 Å². The van der Waals surface area contributed by atoms with Crippen molar-refractivity contribution in [3.8, 4) is 0 Å². The van der Waals surface area contributed by atoms with Gasteiger partial charge in [0.05, 0.1) is 6.04 Å². The Morgan fingerprint density at radius 1 is 0.558 bits per heavy atom. The van der Waals surface area contributed by atoms with Gasteiger partial charge in [0, 0.05) is 26.3 Å². The van der Waals surface area contributed by atoms with Crippen LogP contribution in [0, 0.1) is 0 Å². The van der Waals surface area contributed by atoms with Crippen molar-refractivity contribution >= 4 is 5.91 Å². The molecule has 2 unspecified atom stereocenters. The van der Waals surface area contributed by atoms with Crippen LogP contribution in [0.2, 0.25) is 0 Å². The zero-order chi connectivity index (χ0) is 37.6. The summed E-state index contributed by atoms with van der Waals surface area (Å²) in [6.07, 6.45) is 50.6. The molecular weight excluding hydrogens is 643 g/mol. The van der Waals surface area contributed by atoms with Gasteiger partial charge in [0.25, 0.3) is 0 Å². The molecule has 1 saturated heterocycles. The summed E-state index contributed by atoms with van der Waals surface area (Å²) in [6, 6.07) is -0.466. The van der Waals surface area contributed by atoms with E-state index in [0.717, 1.165) is 51.7 Å². The minimum absolute atomic E-state index is 0.0270. The first kappa shape index (κ1) is 48.3. The maximum atomic E-state index is 13.1. The predicted octanol–water partition coefficient (Wildman–Crippen LogP) is 11.7. The molecule has 3 atom stereocenters. The Labute approximate surface area is 322 Å². The molecule has 0 aromatic carbocycles. The van der Waals surface area contributed by atoms with E-state index in [1.165, 1.54) is 128 Å². The van der Waals surface area contributed by atoms with E-state index in [1.54, 1.807) is 0 Å². The summed E-state index contributed by atoms with van der Waals surface area (Å²) in [4.78, 5) is 15.0. The lowest BCUT2D eigenvalue weighted by Crippen LogP contribution is -2.43. The largest absolute Gasteiger partial charge is 0.374 e. The van der Waals surface area contributed by atoms with Gasteiger partial charge in [-0.2, -0.15) is 0 Å². The van der Waals surface area contributed by atoms with E-state index in [9.17, 15) is 4.79 Å². The number of carbonyl (C=O) groups is 1. The fourth-order valence-corrected chi connectivity index (χ4v) is 6.76. The average Bonchev–Trinajstić information content (AvgIpc) is 3.56. The molecule has 1 amide bonds. The molecule has 0 aliphatic carbocycles. The Morgan fingerprint density at radius 2 is 0.942 bits per heavy atom. The summed E-state index contributed by atoms with van der Waals surface area (Å²) in [5.74, 6) is 0.0270. The molecule has 0 saturated carbocycles. The van der Waals surface area contributed by atoms with Crippen molar-refractivity contribution in [2.45, 2.75) is 205 Å². The van der Waals surface area contributed by atoms with Crippen molar-refractivity contribution in [1.82, 2.24) is 4.90 Å². The van der Waals surface area contributed by atoms with Gasteiger partial charge in [0.2, 0.25) is 5.91 Å². The molecular formula is C46H85N3O3. The highest BCUT2D eigenvalue weighted by Gasteiger charge is 2.38. The van der Waals surface area contributed by atoms with Gasteiger partial charge in [-0.3, -0.25) is 4.79 Å². The Bertz CT molecular complexity index is 843. The molecule has 6 heteroatoms. The number of hydrogen-bond donors (Lipinski definition) is 2. The zero-order valence-electron chi connectivity index (χ0n) is 34.3. The Hall–Kier alpha value is -1.73. The average molecular weight is 728 g/mol. The summed E-state index contributed by atoms with van der Waals surface area (Å²) in [6.45, 7) is 7.78. The van der Waals surface area contributed by atoms with Gasteiger partial charge in [-0.05, 0) is 96.4 Å². The van der Waals surface area contributed by atoms with Crippen molar-refractivity contribution in [2.75, 3.05) is 32.8 Å². The lowest BCUT2D eigenvalue weighted by Gasteiger charge is -2.20. The Balaban J connectivity index is 2.24. The molecule has 4 N–H and O–H groups in total. The summed E-state index contributed by atoms with van der Waals surface area (Å²) in [7, 11) is 0. The molecule has 1 heterocycles. The molecule has 6 nitrogen and oxygen atoms in total. The molecule has 1 aliphatic heterocycles. The Kier molecular flexibility index (Phi) is 34.9. The lowest BCUT2D eigenvalue weighted by molar-refractivity contribution is -0.132. The van der Waals surface area contributed by atoms with Crippen LogP contribution < -0.4 is 11.5 Å². The molecule has 0 spiro atoms. The van der Waals surface area contributed by atoms with Crippen LogP contribution in [0.3, 0.4) is 0 Å². The first-order chi connectivity index (χ1) is 25.6. The quantitative estimate of drug-likeness (QED) is 0.0491. The summed E-state index contributed by atoms with van der Waals surface area (Å²) in [5.41, 5.74) is 11.9. The number of nitrogens with zero attached hydrogens (tertiary/aromatic N) is 1. The number of ether oxygens (including phenoxy) is 2. The standard InChI is InChI=1S/C46H85N3O3/c1-3-5-7-9-11-13-15-17-19-21-23-25-27-29-31-35-39-51-44-41-49(46(50)43(48)37-33-34-38-47)42-45(44)52-40-36-32-30-28-26-24-22-20-18-16-14-12-10-8-6-4-2/h11-14,17-20,43-45H,3-10,15-16,21-42,47-48H2,1-2H3/b13-11-,14-12-,19-17-,20-18-/t43-,44?,45?/m0/s1. The predicted molar refractivity (Wildman–Crippen MR) is 226 cm³/mol. The molecule has 0 radical (unpaired) electrons. The Morgan fingerprint density at radius 3 is 1.35 bits per heavy atom. The molecule has 0 bridgehead atoms. The third-order valence-electron chi connectivity index (χ3n) is 10.2. The third-order valence-corrected chi connectivity index (χ3v) is 10.2. The van der Waals surface area contributed by atoms with Gasteiger partial charge in [0.1, 0.15) is 12.2 Å². The van der Waals surface area contributed by atoms with Crippen LogP contribution in [-0.2, 0) is 14.3 Å². The molecule has 0 aromatic rings. The minimum atomic E-state index is -0.466. The van der Waals surface area contributed by atoms with Crippen molar-refractivity contribution in [3.63, 3.8) is 0 Å². The number of nitrogens with two attached hydrogens (primary N) is 2. The van der Waals surface area contributed by atoms with E-state index in [4.69, 9.17) is 20.9 Å². The summed E-state index contributed by atoms with van der Waals surface area (Å²) in [5, 5.41) is 0. The van der Waals surface area contributed by atoms with Crippen LogP contribution in [0.15, 0.2) is 48.6 Å². The van der Waals surface area contributed by atoms with Crippen molar-refractivity contribution in [1.29, 1.82) is 0 Å². The topological polar surface area (TPSA) is 90.8 Å². The van der Waals surface area contributed by atoms with Crippen LogP contribution in [0.5, 0.6) is 0 Å². The highest BCUT2D eigenvalue weighted by molar-refractivity contribution is 5.82. The number of likely N-dealkylation sites (tertiary alicyclic amines) is 1. The van der Waals surface area contributed by atoms with Crippen LogP contribution in [0.4, 0.5) is 0 Å². The number of rotatable bonds is 37. The highest BCUT2D eigenvalue weighted by atomic mass is 16.5. The number of amides is 1. The smallest absolute Gasteiger partial charge is 0.239 e. The second-order valence-electron chi connectivity index (χ2n) is 15.1. The monoisotopic (exact) mass is 728 g/mol. The van der Waals surface area contributed by atoms with Crippen molar-refractivity contribution in [2.24, 2.45) is 11.5 Å². The second kappa shape index (κ2) is 37.6. The zero-order valence-corrected chi connectivity index (χ0v) is 34.3. The number of hydrogen-bond acceptors (Lipinski definition) is 5. The van der Waals surface area contributed by atoms with E-state index in [1.807, 2.05) is 4.90 Å². The number of carbonyl (C=O) groups excluding carboxylic acids is 1. The fraction of sp³-hybridized carbons (Fsp3) is 0.804. The van der Waals surface area contributed by atoms with Gasteiger partial charge in [0.15, 0.2) is 0 Å². The minimum Gasteiger partial charge on any atom is -0.374 e. The molecule has 1 fully saturated rings. The normalized spacial score (nSPS) is 17.3. The van der Waals surface area contributed by atoms with Crippen LogP contribution in [0.1, 0.15) is 187 Å². The molecule has 1 aliphatic rings. The SMILES string of the molecule is CCCCC/C=C\C/C=C\CCCCCCCCOC1CN(C(=O)[C@@H](N)CCCCN)CC1OCCCCCCCC/C=C\C/C=C\CCCCC. The summed E-state index contributed by atoms with van der Waals surface area (Å²) >= 11 is 0. The van der Waals surface area contributed by atoms with Crippen LogP contribution >= 0.6 is 0 Å². The first-order valence-corrected chi connectivity index (χ1v) is 22.2. The van der Waals surface area contributed by atoms with Gasteiger partial charge >= 0.3 is 0 Å². The van der Waals surface area contributed by atoms with Gasteiger partial charge < -0.3 is 25.8 Å². The second-order valence-corrected chi connectivity index (χ2v) is 15.1. The van der Waals surface area contributed by atoms with E-state index in [0.29, 0.717) is 26.1 Å². The molecule has 1 rings (SSSR count). The van der Waals surface area contributed by atoms with Gasteiger partial charge in [-0.25, -0.2) is 0 Å².